The van der Waals surface area contributed by atoms with Gasteiger partial charge in [0.05, 0.1) is 21.2 Å². The third kappa shape index (κ3) is 7.39. The highest BCUT2D eigenvalue weighted by Gasteiger charge is 2.17. The highest BCUT2D eigenvalue weighted by Crippen LogP contribution is 2.31. The van der Waals surface area contributed by atoms with E-state index in [0.29, 0.717) is 5.69 Å². The molecule has 0 atom stereocenters. The fourth-order valence-electron chi connectivity index (χ4n) is 3.70. The average molecular weight is 631 g/mol. The summed E-state index contributed by atoms with van der Waals surface area (Å²) in [6, 6.07) is 24.8. The van der Waals surface area contributed by atoms with Gasteiger partial charge in [-0.05, 0) is 91.0 Å². The van der Waals surface area contributed by atoms with Crippen molar-refractivity contribution in [1.29, 1.82) is 0 Å². The SMILES string of the molecule is O=C(O)c1cc(N=Nc2ccc(S(=O)(=O)Nc3ccccn3)cc2)ccc1Oc1ccc(S(=O)(=O)Nc2ccccn2)cc1. The third-order valence-corrected chi connectivity index (χ3v) is 8.53. The third-order valence-electron chi connectivity index (χ3n) is 5.79. The molecule has 3 N–H and O–H groups in total. The minimum atomic E-state index is -3.90. The van der Waals surface area contributed by atoms with Crippen LogP contribution in [0.3, 0.4) is 0 Å². The molecule has 222 valence electrons. The molecule has 5 rings (SSSR count). The van der Waals surface area contributed by atoms with E-state index in [0.717, 1.165) is 0 Å². The summed E-state index contributed by atoms with van der Waals surface area (Å²) < 4.78 is 60.9. The van der Waals surface area contributed by atoms with Gasteiger partial charge in [-0.25, -0.2) is 31.6 Å². The Morgan fingerprint density at radius 3 is 1.66 bits per heavy atom. The van der Waals surface area contributed by atoms with Crippen molar-refractivity contribution in [2.45, 2.75) is 9.79 Å². The van der Waals surface area contributed by atoms with E-state index in [4.69, 9.17) is 4.74 Å². The van der Waals surface area contributed by atoms with Crippen LogP contribution in [0.15, 0.2) is 136 Å². The first-order valence-electron chi connectivity index (χ1n) is 12.6. The van der Waals surface area contributed by atoms with Crippen molar-refractivity contribution in [2.24, 2.45) is 10.2 Å². The van der Waals surface area contributed by atoms with Gasteiger partial charge in [0.2, 0.25) is 0 Å². The number of nitrogens with one attached hydrogen (secondary N) is 2. The first kappa shape index (κ1) is 29.8. The van der Waals surface area contributed by atoms with Crippen molar-refractivity contribution in [3.8, 4) is 11.5 Å². The zero-order valence-corrected chi connectivity index (χ0v) is 24.1. The van der Waals surface area contributed by atoms with Crippen LogP contribution in [0.2, 0.25) is 0 Å². The maximum Gasteiger partial charge on any atom is 0.339 e. The molecule has 0 amide bonds. The number of hydrogen-bond acceptors (Lipinski definition) is 10. The number of sulfonamides is 2. The molecular formula is C29H22N6O7S2. The number of aromatic carboxylic acids is 1. The van der Waals surface area contributed by atoms with E-state index in [1.807, 2.05) is 0 Å². The van der Waals surface area contributed by atoms with Crippen LogP contribution in [0.5, 0.6) is 11.5 Å². The molecule has 2 heterocycles. The van der Waals surface area contributed by atoms with Crippen LogP contribution >= 0.6 is 0 Å². The summed E-state index contributed by atoms with van der Waals surface area (Å²) in [6.45, 7) is 0. The summed E-state index contributed by atoms with van der Waals surface area (Å²) >= 11 is 0. The Kier molecular flexibility index (Phi) is 8.59. The zero-order valence-electron chi connectivity index (χ0n) is 22.5. The van der Waals surface area contributed by atoms with Gasteiger partial charge >= 0.3 is 5.97 Å². The fourth-order valence-corrected chi connectivity index (χ4v) is 5.71. The molecule has 0 aliphatic rings. The standard InChI is InChI=1S/C29H22N6O7S2/c36-29(37)25-19-21(33-32-20-7-12-23(13-8-20)43(38,39)34-27-5-1-3-17-30-27)9-16-26(25)42-22-10-14-24(15-11-22)44(40,41)35-28-6-2-4-18-31-28/h1-19H,(H,30,34)(H,31,35)(H,36,37). The number of anilines is 2. The van der Waals surface area contributed by atoms with E-state index in [9.17, 15) is 26.7 Å². The molecule has 0 bridgehead atoms. The summed E-state index contributed by atoms with van der Waals surface area (Å²) in [5, 5.41) is 17.9. The normalized spacial score (nSPS) is 11.6. The van der Waals surface area contributed by atoms with Gasteiger partial charge in [-0.2, -0.15) is 10.2 Å². The van der Waals surface area contributed by atoms with E-state index in [2.05, 4.69) is 29.6 Å². The second-order valence-electron chi connectivity index (χ2n) is 8.89. The molecule has 0 saturated heterocycles. The highest BCUT2D eigenvalue weighted by molar-refractivity contribution is 7.93. The number of aromatic nitrogens is 2. The molecule has 0 aliphatic carbocycles. The Balaban J connectivity index is 1.27. The molecule has 3 aromatic carbocycles. The minimum absolute atomic E-state index is 0.00590. The van der Waals surface area contributed by atoms with Crippen molar-refractivity contribution >= 4 is 49.0 Å². The molecule has 0 aliphatic heterocycles. The summed E-state index contributed by atoms with van der Waals surface area (Å²) in [5.41, 5.74) is 0.314. The lowest BCUT2D eigenvalue weighted by atomic mass is 10.2. The van der Waals surface area contributed by atoms with Crippen molar-refractivity contribution in [3.05, 3.63) is 121 Å². The first-order valence-corrected chi connectivity index (χ1v) is 15.6. The quantitative estimate of drug-likeness (QED) is 0.147. The van der Waals surface area contributed by atoms with Gasteiger partial charge in [-0.3, -0.25) is 9.44 Å². The van der Waals surface area contributed by atoms with E-state index in [-0.39, 0.29) is 44.2 Å². The van der Waals surface area contributed by atoms with Crippen LogP contribution in [-0.2, 0) is 20.0 Å². The average Bonchev–Trinajstić information content (AvgIpc) is 3.01. The second kappa shape index (κ2) is 12.7. The number of ether oxygens (including phenoxy) is 1. The zero-order chi connectivity index (χ0) is 31.2. The molecule has 0 fully saturated rings. The Hall–Kier alpha value is -5.67. The smallest absolute Gasteiger partial charge is 0.339 e. The molecule has 5 aromatic rings. The lowest BCUT2D eigenvalue weighted by molar-refractivity contribution is 0.0694. The molecular weight excluding hydrogens is 608 g/mol. The Morgan fingerprint density at radius 2 is 1.16 bits per heavy atom. The van der Waals surface area contributed by atoms with Gasteiger partial charge in [0.15, 0.2) is 0 Å². The minimum Gasteiger partial charge on any atom is -0.478 e. The predicted octanol–water partition coefficient (Wildman–Crippen LogP) is 5.98. The van der Waals surface area contributed by atoms with Crippen LogP contribution in [0, 0.1) is 0 Å². The van der Waals surface area contributed by atoms with E-state index < -0.39 is 26.0 Å². The number of rotatable bonds is 11. The number of carboxylic acid groups (broad SMARTS) is 1. The number of pyridine rings is 2. The van der Waals surface area contributed by atoms with Crippen molar-refractivity contribution in [1.82, 2.24) is 9.97 Å². The molecule has 44 heavy (non-hydrogen) atoms. The largest absolute Gasteiger partial charge is 0.478 e. The Morgan fingerprint density at radius 1 is 0.659 bits per heavy atom. The Bertz CT molecular complexity index is 2020. The van der Waals surface area contributed by atoms with Crippen LogP contribution < -0.4 is 14.2 Å². The Labute approximate surface area is 252 Å². The maximum absolute atomic E-state index is 12.6. The number of benzene rings is 3. The van der Waals surface area contributed by atoms with Gasteiger partial charge in [-0.1, -0.05) is 12.1 Å². The molecule has 2 aromatic heterocycles. The topological polar surface area (TPSA) is 189 Å². The second-order valence-corrected chi connectivity index (χ2v) is 12.3. The molecule has 15 heteroatoms. The monoisotopic (exact) mass is 630 g/mol. The first-order chi connectivity index (χ1) is 21.1. The summed E-state index contributed by atoms with van der Waals surface area (Å²) in [5.74, 6) is -0.752. The van der Waals surface area contributed by atoms with Crippen molar-refractivity contribution in [2.75, 3.05) is 9.44 Å². The van der Waals surface area contributed by atoms with Gasteiger partial charge in [-0.15, -0.1) is 0 Å². The number of hydrogen-bond donors (Lipinski definition) is 3. The van der Waals surface area contributed by atoms with Crippen LogP contribution in [0.1, 0.15) is 10.4 Å². The van der Waals surface area contributed by atoms with Crippen molar-refractivity contribution < 1.29 is 31.5 Å². The lowest BCUT2D eigenvalue weighted by Crippen LogP contribution is -2.13. The van der Waals surface area contributed by atoms with Crippen LogP contribution in [-0.4, -0.2) is 37.9 Å². The number of azo groups is 1. The molecule has 0 unspecified atom stereocenters. The summed E-state index contributed by atoms with van der Waals surface area (Å²) in [6.07, 6.45) is 2.92. The van der Waals surface area contributed by atoms with E-state index in [1.54, 1.807) is 24.3 Å². The predicted molar refractivity (Wildman–Crippen MR) is 161 cm³/mol. The molecule has 0 saturated carbocycles. The molecule has 0 spiro atoms. The van der Waals surface area contributed by atoms with Gasteiger partial charge in [0.1, 0.15) is 28.7 Å². The number of carbonyl (C=O) groups is 1. The van der Waals surface area contributed by atoms with E-state index in [1.165, 1.54) is 91.3 Å². The summed E-state index contributed by atoms with van der Waals surface area (Å²) in [4.78, 5) is 19.8. The fraction of sp³-hybridized carbons (Fsp3) is 0. The number of carboxylic acids is 1. The summed E-state index contributed by atoms with van der Waals surface area (Å²) in [7, 11) is -7.77. The van der Waals surface area contributed by atoms with Gasteiger partial charge < -0.3 is 9.84 Å². The van der Waals surface area contributed by atoms with Crippen LogP contribution in [0.4, 0.5) is 23.0 Å². The van der Waals surface area contributed by atoms with Gasteiger partial charge in [0.25, 0.3) is 20.0 Å². The molecule has 0 radical (unpaired) electrons. The maximum atomic E-state index is 12.6. The van der Waals surface area contributed by atoms with E-state index >= 15 is 0 Å². The van der Waals surface area contributed by atoms with Crippen LogP contribution in [0.25, 0.3) is 0 Å². The van der Waals surface area contributed by atoms with Gasteiger partial charge in [0, 0.05) is 12.4 Å². The number of nitrogens with zero attached hydrogens (tertiary/aromatic N) is 4. The molecule has 13 nitrogen and oxygen atoms in total. The highest BCUT2D eigenvalue weighted by atomic mass is 32.2. The van der Waals surface area contributed by atoms with Crippen molar-refractivity contribution in [3.63, 3.8) is 0 Å². The lowest BCUT2D eigenvalue weighted by Gasteiger charge is -2.11.